The maximum absolute atomic E-state index is 13.2. The third-order valence-corrected chi connectivity index (χ3v) is 9.00. The third kappa shape index (κ3) is 3.61. The van der Waals surface area contributed by atoms with Gasteiger partial charge in [-0.05, 0) is 61.1 Å². The summed E-state index contributed by atoms with van der Waals surface area (Å²) in [4.78, 5) is 54.8. The summed E-state index contributed by atoms with van der Waals surface area (Å²) in [6, 6.07) is 15.0. The van der Waals surface area contributed by atoms with Gasteiger partial charge in [-0.25, -0.2) is 0 Å². The lowest BCUT2D eigenvalue weighted by Crippen LogP contribution is -2.37. The van der Waals surface area contributed by atoms with Gasteiger partial charge in [0.25, 0.3) is 0 Å². The van der Waals surface area contributed by atoms with Gasteiger partial charge < -0.3 is 0 Å². The van der Waals surface area contributed by atoms with Gasteiger partial charge in [0.2, 0.25) is 23.6 Å². The highest BCUT2D eigenvalue weighted by atomic mass is 16.2. The lowest BCUT2D eigenvalue weighted by molar-refractivity contribution is -0.128. The summed E-state index contributed by atoms with van der Waals surface area (Å²) < 4.78 is 0. The summed E-state index contributed by atoms with van der Waals surface area (Å²) in [6.45, 7) is 0. The predicted octanol–water partition coefficient (Wildman–Crippen LogP) is 5.78. The first kappa shape index (κ1) is 23.1. The summed E-state index contributed by atoms with van der Waals surface area (Å²) >= 11 is 0. The first-order valence-electron chi connectivity index (χ1n) is 13.4. The van der Waals surface area contributed by atoms with E-state index in [9.17, 15) is 19.2 Å². The Morgan fingerprint density at radius 2 is 0.806 bits per heavy atom. The van der Waals surface area contributed by atoms with Gasteiger partial charge in [-0.1, -0.05) is 62.8 Å². The molecule has 4 amide bonds. The molecule has 0 aromatic heterocycles. The molecule has 4 fully saturated rings. The van der Waals surface area contributed by atoms with Crippen molar-refractivity contribution in [2.75, 3.05) is 9.80 Å². The van der Waals surface area contributed by atoms with Crippen LogP contribution in [0.15, 0.2) is 48.5 Å². The molecule has 0 N–H and O–H groups in total. The van der Waals surface area contributed by atoms with E-state index in [1.165, 1.54) is 9.80 Å². The van der Waals surface area contributed by atoms with Crippen LogP contribution in [0.3, 0.4) is 0 Å². The topological polar surface area (TPSA) is 74.8 Å². The minimum atomic E-state index is -0.496. The lowest BCUT2D eigenvalue weighted by atomic mass is 9.73. The molecule has 2 aromatic carbocycles. The molecule has 2 saturated heterocycles. The number of nitrogens with zero attached hydrogens (tertiary/aromatic N) is 2. The molecular formula is C30H32N2O4. The van der Waals surface area contributed by atoms with E-state index in [1.807, 2.05) is 48.5 Å². The fourth-order valence-corrected chi connectivity index (χ4v) is 6.96. The first-order valence-corrected chi connectivity index (χ1v) is 13.4. The van der Waals surface area contributed by atoms with E-state index in [2.05, 4.69) is 0 Å². The molecule has 2 aliphatic carbocycles. The quantitative estimate of drug-likeness (QED) is 0.518. The van der Waals surface area contributed by atoms with Crippen LogP contribution in [0.25, 0.3) is 11.1 Å². The van der Waals surface area contributed by atoms with Gasteiger partial charge in [-0.2, -0.15) is 0 Å². The molecule has 2 heterocycles. The Kier molecular flexibility index (Phi) is 5.58. The van der Waals surface area contributed by atoms with Gasteiger partial charge in [0.05, 0.1) is 22.2 Å². The van der Waals surface area contributed by atoms with E-state index in [4.69, 9.17) is 0 Å². The minimum Gasteiger partial charge on any atom is -0.274 e. The Hall–Kier alpha value is -3.28. The second-order valence-corrected chi connectivity index (χ2v) is 11.2. The van der Waals surface area contributed by atoms with Crippen LogP contribution in [0.5, 0.6) is 0 Å². The molecule has 4 aliphatic rings. The second kappa shape index (κ2) is 8.68. The van der Waals surface area contributed by atoms with Crippen molar-refractivity contribution in [3.05, 3.63) is 48.5 Å². The molecule has 2 aliphatic heterocycles. The van der Waals surface area contributed by atoms with Crippen LogP contribution in [-0.2, 0) is 19.2 Å². The van der Waals surface area contributed by atoms with Gasteiger partial charge in [-0.3, -0.25) is 29.0 Å². The molecule has 2 saturated carbocycles. The number of benzene rings is 2. The monoisotopic (exact) mass is 484 g/mol. The maximum atomic E-state index is 13.2. The molecule has 2 spiro atoms. The zero-order chi connectivity index (χ0) is 24.9. The van der Waals surface area contributed by atoms with Crippen LogP contribution in [-0.4, -0.2) is 23.6 Å². The largest absolute Gasteiger partial charge is 0.274 e. The number of carbonyl (C=O) groups is 4. The maximum Gasteiger partial charge on any atom is 0.240 e. The molecule has 0 bridgehead atoms. The Balaban J connectivity index is 1.19. The first-order chi connectivity index (χ1) is 17.4. The Morgan fingerprint density at radius 1 is 0.472 bits per heavy atom. The molecule has 0 atom stereocenters. The number of hydrogen-bond donors (Lipinski definition) is 0. The number of imide groups is 2. The van der Waals surface area contributed by atoms with E-state index < -0.39 is 10.8 Å². The van der Waals surface area contributed by atoms with Crippen LogP contribution in [0.1, 0.15) is 77.0 Å². The summed E-state index contributed by atoms with van der Waals surface area (Å²) in [7, 11) is 0. The minimum absolute atomic E-state index is 0.0417. The Bertz CT molecular complexity index is 1120. The fraction of sp³-hybridized carbons (Fsp3) is 0.467. The van der Waals surface area contributed by atoms with Gasteiger partial charge in [0.1, 0.15) is 0 Å². The Labute approximate surface area is 211 Å². The SMILES string of the molecule is O=C1CC2(CCCCC2)C(=O)N1c1ccc(-c2ccc(N3C(=O)CC4(CCCCC4)C3=O)cc2)cc1. The number of hydrogen-bond acceptors (Lipinski definition) is 4. The Morgan fingerprint density at radius 3 is 1.14 bits per heavy atom. The van der Waals surface area contributed by atoms with Crippen molar-refractivity contribution in [2.45, 2.75) is 77.0 Å². The van der Waals surface area contributed by atoms with Crippen molar-refractivity contribution in [1.82, 2.24) is 0 Å². The molecule has 6 heteroatoms. The normalized spacial score (nSPS) is 23.3. The smallest absolute Gasteiger partial charge is 0.240 e. The highest BCUT2D eigenvalue weighted by Crippen LogP contribution is 2.48. The van der Waals surface area contributed by atoms with E-state index in [0.29, 0.717) is 24.2 Å². The van der Waals surface area contributed by atoms with Crippen molar-refractivity contribution in [3.8, 4) is 11.1 Å². The standard InChI is InChI=1S/C30H32N2O4/c33-25-19-29(15-3-1-4-16-29)27(35)31(25)23-11-7-21(8-12-23)22-9-13-24(14-10-22)32-26(34)20-30(28(32)36)17-5-2-6-18-30/h7-14H,1-6,15-20H2. The van der Waals surface area contributed by atoms with Crippen LogP contribution in [0.4, 0.5) is 11.4 Å². The van der Waals surface area contributed by atoms with E-state index in [-0.39, 0.29) is 23.6 Å². The highest BCUT2D eigenvalue weighted by molar-refractivity contribution is 6.23. The lowest BCUT2D eigenvalue weighted by Gasteiger charge is -2.30. The van der Waals surface area contributed by atoms with Crippen LogP contribution >= 0.6 is 0 Å². The molecule has 186 valence electrons. The summed E-state index contributed by atoms with van der Waals surface area (Å²) in [5.74, 6) is -0.288. The molecule has 6 rings (SSSR count). The zero-order valence-electron chi connectivity index (χ0n) is 20.6. The van der Waals surface area contributed by atoms with E-state index in [0.717, 1.165) is 75.3 Å². The molecule has 36 heavy (non-hydrogen) atoms. The number of amides is 4. The van der Waals surface area contributed by atoms with Crippen LogP contribution in [0, 0.1) is 10.8 Å². The molecule has 6 nitrogen and oxygen atoms in total. The van der Waals surface area contributed by atoms with Crippen molar-refractivity contribution < 1.29 is 19.2 Å². The average Bonchev–Trinajstić information content (AvgIpc) is 3.27. The van der Waals surface area contributed by atoms with Crippen LogP contribution in [0.2, 0.25) is 0 Å². The number of rotatable bonds is 3. The van der Waals surface area contributed by atoms with Crippen molar-refractivity contribution in [3.63, 3.8) is 0 Å². The van der Waals surface area contributed by atoms with Crippen molar-refractivity contribution in [1.29, 1.82) is 0 Å². The summed E-state index contributed by atoms with van der Waals surface area (Å²) in [5.41, 5.74) is 2.14. The van der Waals surface area contributed by atoms with Crippen LogP contribution < -0.4 is 9.80 Å². The van der Waals surface area contributed by atoms with Crippen molar-refractivity contribution >= 4 is 35.0 Å². The highest BCUT2D eigenvalue weighted by Gasteiger charge is 2.53. The number of anilines is 2. The van der Waals surface area contributed by atoms with Gasteiger partial charge >= 0.3 is 0 Å². The van der Waals surface area contributed by atoms with Gasteiger partial charge in [-0.15, -0.1) is 0 Å². The van der Waals surface area contributed by atoms with E-state index in [1.54, 1.807) is 0 Å². The molecule has 0 radical (unpaired) electrons. The van der Waals surface area contributed by atoms with Gasteiger partial charge in [0.15, 0.2) is 0 Å². The molecular weight excluding hydrogens is 452 g/mol. The van der Waals surface area contributed by atoms with E-state index >= 15 is 0 Å². The van der Waals surface area contributed by atoms with Crippen molar-refractivity contribution in [2.24, 2.45) is 10.8 Å². The summed E-state index contributed by atoms with van der Waals surface area (Å²) in [5, 5.41) is 0. The predicted molar refractivity (Wildman–Crippen MR) is 137 cm³/mol. The van der Waals surface area contributed by atoms with Gasteiger partial charge in [0, 0.05) is 12.8 Å². The fourth-order valence-electron chi connectivity index (χ4n) is 6.96. The molecule has 0 unspecified atom stereocenters. The third-order valence-electron chi connectivity index (χ3n) is 9.00. The number of carbonyl (C=O) groups excluding carboxylic acids is 4. The zero-order valence-corrected chi connectivity index (χ0v) is 20.6. The summed E-state index contributed by atoms with van der Waals surface area (Å²) in [6.07, 6.45) is 10.2. The average molecular weight is 485 g/mol. The second-order valence-electron chi connectivity index (χ2n) is 11.2. The molecule has 2 aromatic rings.